The molecule has 1 heterocycles. The normalized spacial score (nSPS) is 23.8. The molecular formula is C7H8N2O. The topological polar surface area (TPSA) is 41.8 Å². The number of urea groups is 1. The predicted octanol–water partition coefficient (Wildman–Crippen LogP) is 1.58. The minimum Gasteiger partial charge on any atom is -0.244 e. The first kappa shape index (κ1) is 5.77. The van der Waals surface area contributed by atoms with Crippen LogP contribution in [0.5, 0.6) is 0 Å². The highest BCUT2D eigenvalue weighted by atomic mass is 16.2. The number of aliphatic imine (C=N–C) groups is 2. The Bertz CT molecular complexity index is 216. The predicted molar refractivity (Wildman–Crippen MR) is 38.7 cm³/mol. The lowest BCUT2D eigenvalue weighted by Gasteiger charge is -2.09. The van der Waals surface area contributed by atoms with Crippen LogP contribution < -0.4 is 0 Å². The number of hydrogen-bond donors (Lipinski definition) is 0. The summed E-state index contributed by atoms with van der Waals surface area (Å²) in [6.07, 6.45) is 4.21. The van der Waals surface area contributed by atoms with E-state index in [-0.39, 0.29) is 6.03 Å². The highest BCUT2D eigenvalue weighted by Gasteiger charge is 2.21. The van der Waals surface area contributed by atoms with E-state index in [1.54, 1.807) is 0 Å². The number of rotatable bonds is 0. The van der Waals surface area contributed by atoms with Gasteiger partial charge in [0.2, 0.25) is 0 Å². The number of carbonyl (C=O) groups is 1. The van der Waals surface area contributed by atoms with Crippen LogP contribution in [0.3, 0.4) is 0 Å². The molecule has 0 atom stereocenters. The van der Waals surface area contributed by atoms with Crippen LogP contribution >= 0.6 is 0 Å². The van der Waals surface area contributed by atoms with Crippen molar-refractivity contribution in [2.45, 2.75) is 25.7 Å². The van der Waals surface area contributed by atoms with E-state index in [0.29, 0.717) is 0 Å². The lowest BCUT2D eigenvalue weighted by molar-refractivity contribution is 0.257. The Morgan fingerprint density at radius 3 is 2.00 bits per heavy atom. The largest absolute Gasteiger partial charge is 0.367 e. The zero-order valence-electron chi connectivity index (χ0n) is 5.63. The van der Waals surface area contributed by atoms with Crippen LogP contribution in [0.25, 0.3) is 0 Å². The Morgan fingerprint density at radius 2 is 1.50 bits per heavy atom. The zero-order valence-corrected chi connectivity index (χ0v) is 5.63. The van der Waals surface area contributed by atoms with Crippen molar-refractivity contribution in [1.29, 1.82) is 0 Å². The first-order valence-corrected chi connectivity index (χ1v) is 3.56. The number of fused-ring (bicyclic) bond motifs is 1. The van der Waals surface area contributed by atoms with E-state index in [1.165, 1.54) is 0 Å². The fourth-order valence-corrected chi connectivity index (χ4v) is 1.37. The quantitative estimate of drug-likeness (QED) is 0.498. The van der Waals surface area contributed by atoms with Crippen molar-refractivity contribution >= 4 is 17.5 Å². The van der Waals surface area contributed by atoms with Crippen molar-refractivity contribution in [2.75, 3.05) is 0 Å². The molecule has 0 aromatic carbocycles. The van der Waals surface area contributed by atoms with Gasteiger partial charge in [-0.1, -0.05) is 0 Å². The Labute approximate surface area is 58.9 Å². The second kappa shape index (κ2) is 2.01. The van der Waals surface area contributed by atoms with E-state index >= 15 is 0 Å². The van der Waals surface area contributed by atoms with Crippen LogP contribution in [0, 0.1) is 0 Å². The molecule has 0 aromatic heterocycles. The van der Waals surface area contributed by atoms with Gasteiger partial charge >= 0.3 is 6.03 Å². The van der Waals surface area contributed by atoms with Gasteiger partial charge in [-0.05, 0) is 25.7 Å². The number of amides is 2. The summed E-state index contributed by atoms with van der Waals surface area (Å²) in [5.74, 6) is 0. The third-order valence-electron chi connectivity index (χ3n) is 1.87. The Hall–Kier alpha value is -0.990. The van der Waals surface area contributed by atoms with Crippen molar-refractivity contribution in [3.05, 3.63) is 0 Å². The summed E-state index contributed by atoms with van der Waals surface area (Å²) < 4.78 is 0. The van der Waals surface area contributed by atoms with E-state index in [2.05, 4.69) is 9.98 Å². The molecule has 3 nitrogen and oxygen atoms in total. The molecule has 2 rings (SSSR count). The second-order valence-electron chi connectivity index (χ2n) is 2.61. The fraction of sp³-hybridized carbons (Fsp3) is 0.571. The first-order valence-electron chi connectivity index (χ1n) is 3.56. The maximum Gasteiger partial charge on any atom is 0.367 e. The van der Waals surface area contributed by atoms with Crippen LogP contribution in [0.2, 0.25) is 0 Å². The van der Waals surface area contributed by atoms with E-state index in [4.69, 9.17) is 0 Å². The van der Waals surface area contributed by atoms with Gasteiger partial charge in [-0.2, -0.15) is 9.98 Å². The minimum atomic E-state index is -0.299. The van der Waals surface area contributed by atoms with Crippen LogP contribution in [0.4, 0.5) is 4.79 Å². The average molecular weight is 136 g/mol. The third kappa shape index (κ3) is 0.781. The Kier molecular flexibility index (Phi) is 1.16. The summed E-state index contributed by atoms with van der Waals surface area (Å²) in [4.78, 5) is 18.2. The molecule has 1 aliphatic heterocycles. The summed E-state index contributed by atoms with van der Waals surface area (Å²) in [7, 11) is 0. The third-order valence-corrected chi connectivity index (χ3v) is 1.87. The molecule has 0 bridgehead atoms. The molecular weight excluding hydrogens is 128 g/mol. The van der Waals surface area contributed by atoms with Gasteiger partial charge in [0, 0.05) is 0 Å². The van der Waals surface area contributed by atoms with Gasteiger partial charge in [-0.3, -0.25) is 0 Å². The molecule has 1 fully saturated rings. The maximum atomic E-state index is 10.6. The van der Waals surface area contributed by atoms with Crippen LogP contribution in [0.1, 0.15) is 25.7 Å². The molecule has 0 saturated heterocycles. The van der Waals surface area contributed by atoms with Gasteiger partial charge in [0.1, 0.15) is 0 Å². The van der Waals surface area contributed by atoms with Gasteiger partial charge in [0.15, 0.2) is 0 Å². The van der Waals surface area contributed by atoms with Gasteiger partial charge in [-0.25, -0.2) is 4.79 Å². The molecule has 52 valence electrons. The van der Waals surface area contributed by atoms with Crippen LogP contribution in [0.15, 0.2) is 9.98 Å². The van der Waals surface area contributed by atoms with Gasteiger partial charge < -0.3 is 0 Å². The lowest BCUT2D eigenvalue weighted by atomic mass is 9.97. The number of nitrogens with zero attached hydrogens (tertiary/aromatic N) is 2. The van der Waals surface area contributed by atoms with E-state index in [9.17, 15) is 4.79 Å². The van der Waals surface area contributed by atoms with Gasteiger partial charge in [0.25, 0.3) is 0 Å². The summed E-state index contributed by atoms with van der Waals surface area (Å²) in [5.41, 5.74) is 1.88. The van der Waals surface area contributed by atoms with Crippen molar-refractivity contribution in [1.82, 2.24) is 0 Å². The van der Waals surface area contributed by atoms with E-state index in [0.717, 1.165) is 37.1 Å². The van der Waals surface area contributed by atoms with E-state index in [1.807, 2.05) is 0 Å². The van der Waals surface area contributed by atoms with Crippen molar-refractivity contribution < 1.29 is 4.79 Å². The van der Waals surface area contributed by atoms with Crippen LogP contribution in [-0.2, 0) is 0 Å². The molecule has 0 spiro atoms. The highest BCUT2D eigenvalue weighted by Crippen LogP contribution is 2.17. The second-order valence-corrected chi connectivity index (χ2v) is 2.61. The molecule has 1 saturated carbocycles. The molecule has 0 aromatic rings. The van der Waals surface area contributed by atoms with Crippen molar-refractivity contribution in [3.63, 3.8) is 0 Å². The lowest BCUT2D eigenvalue weighted by Crippen LogP contribution is -2.15. The van der Waals surface area contributed by atoms with Crippen molar-refractivity contribution in [2.24, 2.45) is 9.98 Å². The van der Waals surface area contributed by atoms with Crippen LogP contribution in [-0.4, -0.2) is 17.5 Å². The maximum absolute atomic E-state index is 10.6. The summed E-state index contributed by atoms with van der Waals surface area (Å²) in [5, 5.41) is 0. The monoisotopic (exact) mass is 136 g/mol. The standard InChI is InChI=1S/C7H8N2O/c10-7-8-5-3-1-2-4-6(5)9-7/h1-4H2. The number of hydrogen-bond acceptors (Lipinski definition) is 1. The first-order chi connectivity index (χ1) is 4.86. The SMILES string of the molecule is O=C1N=C2CCCCC2=N1. The van der Waals surface area contributed by atoms with E-state index < -0.39 is 0 Å². The summed E-state index contributed by atoms with van der Waals surface area (Å²) >= 11 is 0. The fourth-order valence-electron chi connectivity index (χ4n) is 1.37. The molecule has 10 heavy (non-hydrogen) atoms. The number of carbonyl (C=O) groups excluding carboxylic acids is 1. The van der Waals surface area contributed by atoms with Gasteiger partial charge in [0.05, 0.1) is 11.4 Å². The Balaban J connectivity index is 2.32. The molecule has 2 amide bonds. The smallest absolute Gasteiger partial charge is 0.244 e. The molecule has 3 heteroatoms. The summed E-state index contributed by atoms with van der Waals surface area (Å²) in [6, 6.07) is -0.299. The zero-order chi connectivity index (χ0) is 6.97. The molecule has 0 N–H and O–H groups in total. The highest BCUT2D eigenvalue weighted by molar-refractivity contribution is 6.48. The molecule has 2 aliphatic rings. The Morgan fingerprint density at radius 1 is 1.00 bits per heavy atom. The average Bonchev–Trinajstić information content (AvgIpc) is 2.27. The molecule has 1 aliphatic carbocycles. The molecule has 0 unspecified atom stereocenters. The minimum absolute atomic E-state index is 0.299. The van der Waals surface area contributed by atoms with Gasteiger partial charge in [-0.15, -0.1) is 0 Å². The van der Waals surface area contributed by atoms with Crippen molar-refractivity contribution in [3.8, 4) is 0 Å². The summed E-state index contributed by atoms with van der Waals surface area (Å²) in [6.45, 7) is 0. The molecule has 0 radical (unpaired) electrons.